The van der Waals surface area contributed by atoms with Gasteiger partial charge < -0.3 is 34.2 Å². The van der Waals surface area contributed by atoms with E-state index in [1.807, 2.05) is 0 Å². The van der Waals surface area contributed by atoms with Crippen LogP contribution in [0.4, 0.5) is 0 Å². The summed E-state index contributed by atoms with van der Waals surface area (Å²) in [5.41, 5.74) is 0. The van der Waals surface area contributed by atoms with Crippen molar-refractivity contribution in [1.82, 2.24) is 0 Å². The predicted octanol–water partition coefficient (Wildman–Crippen LogP) is 29.4. The van der Waals surface area contributed by atoms with E-state index >= 15 is 0 Å². The number of hydrogen-bond donors (Lipinski definition) is 4. The molecule has 682 valence electrons. The number of unbranched alkanes of at least 4 members (excludes halogenated alkanes) is 38. The first kappa shape index (κ1) is 114. The molecule has 119 heavy (non-hydrogen) atoms. The third-order valence-corrected chi connectivity index (χ3v) is 21.8. The molecule has 0 aliphatic carbocycles. The molecule has 0 aromatic carbocycles. The van der Waals surface area contributed by atoms with Gasteiger partial charge in [0.25, 0.3) is 0 Å². The highest BCUT2D eigenvalue weighted by molar-refractivity contribution is 7.47. The largest absolute Gasteiger partial charge is 0.472 e. The van der Waals surface area contributed by atoms with Crippen LogP contribution in [0.5, 0.6) is 0 Å². The topological polar surface area (TPSA) is 231 Å². The lowest BCUT2D eigenvalue weighted by atomic mass is 10.0. The Kier molecular flexibility index (Phi) is 88.2. The Morgan fingerprint density at radius 1 is 0.244 bits per heavy atom. The first-order chi connectivity index (χ1) is 58.2. The Balaban J connectivity index is 4.54. The summed E-state index contributed by atoms with van der Waals surface area (Å²) in [6.07, 6.45) is 120. The second kappa shape index (κ2) is 92.1. The third kappa shape index (κ3) is 93.5. The van der Waals surface area contributed by atoms with Crippen LogP contribution in [-0.2, 0) is 55.8 Å². The van der Waals surface area contributed by atoms with Crippen LogP contribution in [0.2, 0.25) is 0 Å². The van der Waals surface area contributed by atoms with Gasteiger partial charge in [-0.05, 0) is 154 Å². The average molecular weight is 1700 g/mol. The molecule has 4 N–H and O–H groups in total. The monoisotopic (exact) mass is 1700 g/mol. The van der Waals surface area contributed by atoms with Crippen LogP contribution in [0.15, 0.2) is 170 Å². The highest BCUT2D eigenvalue weighted by Crippen LogP contribution is 2.45. The summed E-state index contributed by atoms with van der Waals surface area (Å²) in [4.78, 5) is 59.0. The number of hydrogen-bond acceptors (Lipinski definition) is 14. The number of carbonyl (C=O) groups excluding carboxylic acids is 3. The van der Waals surface area contributed by atoms with Crippen LogP contribution in [0.1, 0.15) is 393 Å². The number of phosphoric acid groups is 2. The van der Waals surface area contributed by atoms with Gasteiger partial charge in [0.1, 0.15) is 25.4 Å². The summed E-state index contributed by atoms with van der Waals surface area (Å²) in [5.74, 6) is -1.59. The lowest BCUT2D eigenvalue weighted by molar-refractivity contribution is -0.161. The molecule has 18 heteroatoms. The standard InChI is InChI=1S/C101H172O16P2/c1-4-7-10-13-16-19-22-25-28-31-34-37-39-41-43-44-45-46-47-48-49-50-52-54-55-58-60-63-66-69-72-75-78-81-84-87-99(104)111-90-96(102)91-113-118(107,108)114-92-97(103)93-115-119(109,110)116-95-98(117-101(106)89-86-83-80-77-74-71-68-65-62-57-36-33-30-27-24-21-18-15-12-9-6-3)94-112-100(105)88-85-82-79-76-73-70-67-64-61-59-56-53-51-42-40-38-35-32-29-26-23-20-17-14-11-8-5-2/h7,9-10,12,16-21,25-30,34-38,41-43,51,57,65,68,96-98,102-103H,4-6,8,11,13-15,22-24,31-33,39-40,44-50,52-56,58-64,66-67,69-95H2,1-3H3,(H,107,108)(H,109,110)/b10-7-,12-9-,19-16-,20-17-,21-18-,28-25-,29-26-,30-27-,37-34-,38-35-,43-41-,51-42-,57-36-,68-65-. The minimum absolute atomic E-state index is 0.0778. The van der Waals surface area contributed by atoms with Crippen molar-refractivity contribution in [2.24, 2.45) is 0 Å². The Hall–Kier alpha value is -5.09. The summed E-state index contributed by atoms with van der Waals surface area (Å²) in [6, 6.07) is 0. The van der Waals surface area contributed by atoms with Gasteiger partial charge >= 0.3 is 33.6 Å². The van der Waals surface area contributed by atoms with Gasteiger partial charge in [-0.25, -0.2) is 9.13 Å². The van der Waals surface area contributed by atoms with Crippen LogP contribution < -0.4 is 0 Å². The van der Waals surface area contributed by atoms with Crippen LogP contribution in [0, 0.1) is 0 Å². The lowest BCUT2D eigenvalue weighted by Gasteiger charge is -2.21. The van der Waals surface area contributed by atoms with Gasteiger partial charge in [-0.15, -0.1) is 0 Å². The number of carbonyl (C=O) groups is 3. The van der Waals surface area contributed by atoms with Gasteiger partial charge in [0, 0.05) is 19.3 Å². The Morgan fingerprint density at radius 2 is 0.445 bits per heavy atom. The second-order valence-electron chi connectivity index (χ2n) is 31.4. The van der Waals surface area contributed by atoms with Crippen molar-refractivity contribution in [3.8, 4) is 0 Å². The van der Waals surface area contributed by atoms with Crippen molar-refractivity contribution >= 4 is 33.6 Å². The molecule has 0 radical (unpaired) electrons. The number of aliphatic hydroxyl groups is 2. The Labute approximate surface area is 726 Å². The van der Waals surface area contributed by atoms with Crippen LogP contribution in [-0.4, -0.2) is 95.9 Å². The van der Waals surface area contributed by atoms with Crippen molar-refractivity contribution in [3.63, 3.8) is 0 Å². The third-order valence-electron chi connectivity index (χ3n) is 19.9. The summed E-state index contributed by atoms with van der Waals surface area (Å²) in [6.45, 7) is 2.45. The Morgan fingerprint density at radius 3 is 0.706 bits per heavy atom. The SMILES string of the molecule is CC/C=C\C/C=C\C/C=C\C/C=C\C/C=C\CCCCCCCCCCCCCCCCCCCCCC(=O)OCC(O)COP(=O)(O)OCC(O)COP(=O)(O)OCC(COC(=O)CCCCCCCCCCCCC/C=C\C/C=C\C/C=C\C/C=C\CCCCC)OC(=O)CCCCCCC/C=C\C/C=C\C/C=C\C/C=C\C/C=C\CC. The van der Waals surface area contributed by atoms with Crippen molar-refractivity contribution in [2.75, 3.05) is 39.6 Å². The van der Waals surface area contributed by atoms with Gasteiger partial charge in [-0.2, -0.15) is 0 Å². The number of aliphatic hydroxyl groups excluding tert-OH is 2. The second-order valence-corrected chi connectivity index (χ2v) is 34.3. The smallest absolute Gasteiger partial charge is 0.463 e. The van der Waals surface area contributed by atoms with E-state index < -0.39 is 91.5 Å². The van der Waals surface area contributed by atoms with Crippen molar-refractivity contribution in [1.29, 1.82) is 0 Å². The number of allylic oxidation sites excluding steroid dienone is 28. The number of phosphoric ester groups is 2. The van der Waals surface area contributed by atoms with Gasteiger partial charge in [0.2, 0.25) is 0 Å². The number of rotatable bonds is 89. The molecular weight excluding hydrogens is 1530 g/mol. The molecule has 0 aromatic heterocycles. The molecule has 0 heterocycles. The fourth-order valence-electron chi connectivity index (χ4n) is 12.8. The molecule has 0 aliphatic rings. The maximum Gasteiger partial charge on any atom is 0.472 e. The molecule has 0 aromatic rings. The van der Waals surface area contributed by atoms with E-state index in [0.717, 1.165) is 167 Å². The molecule has 5 unspecified atom stereocenters. The molecule has 0 fully saturated rings. The zero-order chi connectivity index (χ0) is 86.5. The average Bonchev–Trinajstić information content (AvgIpc) is 0.905. The molecule has 0 rings (SSSR count). The summed E-state index contributed by atoms with van der Waals surface area (Å²) >= 11 is 0. The van der Waals surface area contributed by atoms with Crippen molar-refractivity contribution in [3.05, 3.63) is 170 Å². The molecule has 16 nitrogen and oxygen atoms in total. The molecular formula is C101H172O16P2. The van der Waals surface area contributed by atoms with E-state index in [4.69, 9.17) is 32.3 Å². The molecule has 0 saturated carbocycles. The minimum atomic E-state index is -4.95. The maximum atomic E-state index is 13.1. The number of esters is 3. The highest BCUT2D eigenvalue weighted by atomic mass is 31.2. The maximum absolute atomic E-state index is 13.1. The predicted molar refractivity (Wildman–Crippen MR) is 500 cm³/mol. The van der Waals surface area contributed by atoms with Gasteiger partial charge in [0.05, 0.1) is 26.4 Å². The van der Waals surface area contributed by atoms with E-state index in [2.05, 4.69) is 191 Å². The fraction of sp³-hybridized carbons (Fsp3) is 0.693. The lowest BCUT2D eigenvalue weighted by Crippen LogP contribution is -2.30. The zero-order valence-electron chi connectivity index (χ0n) is 75.2. The molecule has 0 amide bonds. The van der Waals surface area contributed by atoms with Crippen LogP contribution in [0.3, 0.4) is 0 Å². The quantitative estimate of drug-likeness (QED) is 0.0146. The minimum Gasteiger partial charge on any atom is -0.463 e. The summed E-state index contributed by atoms with van der Waals surface area (Å²) in [5, 5.41) is 20.8. The van der Waals surface area contributed by atoms with Gasteiger partial charge in [-0.1, -0.05) is 390 Å². The van der Waals surface area contributed by atoms with Gasteiger partial charge in [0.15, 0.2) is 6.10 Å². The van der Waals surface area contributed by atoms with Crippen molar-refractivity contribution in [2.45, 2.75) is 411 Å². The normalized spacial score (nSPS) is 14.5. The van der Waals surface area contributed by atoms with Crippen molar-refractivity contribution < 1.29 is 75.8 Å². The molecule has 0 aliphatic heterocycles. The Bertz CT molecular complexity index is 2840. The van der Waals surface area contributed by atoms with Crippen LogP contribution >= 0.6 is 15.6 Å². The van der Waals surface area contributed by atoms with E-state index in [1.165, 1.54) is 167 Å². The van der Waals surface area contributed by atoms with E-state index in [-0.39, 0.29) is 19.3 Å². The molecule has 0 saturated heterocycles. The highest BCUT2D eigenvalue weighted by Gasteiger charge is 2.30. The zero-order valence-corrected chi connectivity index (χ0v) is 77.0. The summed E-state index contributed by atoms with van der Waals surface area (Å²) in [7, 11) is -9.82. The van der Waals surface area contributed by atoms with E-state index in [9.17, 15) is 43.5 Å². The molecule has 5 atom stereocenters. The van der Waals surface area contributed by atoms with Gasteiger partial charge in [-0.3, -0.25) is 32.5 Å². The van der Waals surface area contributed by atoms with E-state index in [1.54, 1.807) is 0 Å². The van der Waals surface area contributed by atoms with E-state index in [0.29, 0.717) is 19.3 Å². The molecule has 0 bridgehead atoms. The van der Waals surface area contributed by atoms with Crippen LogP contribution in [0.25, 0.3) is 0 Å². The number of ether oxygens (including phenoxy) is 3. The fourth-order valence-corrected chi connectivity index (χ4v) is 14.4. The first-order valence-corrected chi connectivity index (χ1v) is 50.4. The molecule has 0 spiro atoms. The first-order valence-electron chi connectivity index (χ1n) is 47.4. The summed E-state index contributed by atoms with van der Waals surface area (Å²) < 4.78 is 61.5.